The molecule has 33 heavy (non-hydrogen) atoms. The number of carbonyl (C=O) groups excluding carboxylic acids is 2. The van der Waals surface area contributed by atoms with Crippen molar-refractivity contribution < 1.29 is 19.1 Å². The Balaban J connectivity index is 1.69. The molecule has 0 saturated carbocycles. The van der Waals surface area contributed by atoms with Crippen LogP contribution in [0.15, 0.2) is 65.1 Å². The van der Waals surface area contributed by atoms with Gasteiger partial charge in [0.05, 0.1) is 17.4 Å². The Labute approximate surface area is 202 Å². The summed E-state index contributed by atoms with van der Waals surface area (Å²) in [6.45, 7) is 7.44. The Bertz CT molecular complexity index is 1140. The van der Waals surface area contributed by atoms with Crippen molar-refractivity contribution in [2.75, 3.05) is 17.2 Å². The third-order valence-corrected chi connectivity index (χ3v) is 5.21. The smallest absolute Gasteiger partial charge is 0.262 e. The summed E-state index contributed by atoms with van der Waals surface area (Å²) in [5.41, 5.74) is 3.53. The average molecular weight is 511 g/mol. The number of benzene rings is 3. The first kappa shape index (κ1) is 24.3. The van der Waals surface area contributed by atoms with Gasteiger partial charge in [0.2, 0.25) is 0 Å². The molecule has 0 aliphatic carbocycles. The van der Waals surface area contributed by atoms with Crippen LogP contribution in [0.4, 0.5) is 11.4 Å². The van der Waals surface area contributed by atoms with Crippen molar-refractivity contribution in [3.8, 4) is 11.5 Å². The van der Waals surface area contributed by atoms with Crippen LogP contribution in [-0.4, -0.2) is 24.5 Å². The fourth-order valence-corrected chi connectivity index (χ4v) is 4.01. The lowest BCUT2D eigenvalue weighted by Gasteiger charge is -2.16. The molecule has 2 amide bonds. The number of para-hydroxylation sites is 3. The zero-order valence-corrected chi connectivity index (χ0v) is 20.7. The van der Waals surface area contributed by atoms with Gasteiger partial charge < -0.3 is 20.1 Å². The number of ether oxygens (including phenoxy) is 2. The van der Waals surface area contributed by atoms with Crippen molar-refractivity contribution in [1.82, 2.24) is 0 Å². The summed E-state index contributed by atoms with van der Waals surface area (Å²) in [6, 6.07) is 17.9. The molecule has 2 N–H and O–H groups in total. The van der Waals surface area contributed by atoms with Crippen molar-refractivity contribution in [2.45, 2.75) is 33.8 Å². The number of rotatable bonds is 8. The summed E-state index contributed by atoms with van der Waals surface area (Å²) < 4.78 is 12.4. The predicted octanol–water partition coefficient (Wildman–Crippen LogP) is 6.12. The van der Waals surface area contributed by atoms with E-state index in [1.807, 2.05) is 52.0 Å². The highest BCUT2D eigenvalue weighted by molar-refractivity contribution is 9.10. The number of aryl methyl sites for hydroxylation is 2. The third kappa shape index (κ3) is 6.58. The Kier molecular flexibility index (Phi) is 8.11. The minimum atomic E-state index is -0.357. The normalized spacial score (nSPS) is 10.6. The van der Waals surface area contributed by atoms with Crippen molar-refractivity contribution in [3.63, 3.8) is 0 Å². The molecule has 3 aromatic carbocycles. The molecule has 0 heterocycles. The molecule has 0 bridgehead atoms. The molecule has 3 aromatic rings. The molecule has 0 radical (unpaired) electrons. The van der Waals surface area contributed by atoms with Crippen LogP contribution in [0, 0.1) is 13.8 Å². The highest BCUT2D eigenvalue weighted by atomic mass is 79.9. The maximum Gasteiger partial charge on any atom is 0.262 e. The first-order chi connectivity index (χ1) is 15.7. The van der Waals surface area contributed by atoms with Gasteiger partial charge in [-0.15, -0.1) is 0 Å². The van der Waals surface area contributed by atoms with Crippen LogP contribution < -0.4 is 20.1 Å². The molecular formula is C26H27BrN2O4. The second kappa shape index (κ2) is 11.0. The number of hydrogen-bond acceptors (Lipinski definition) is 4. The minimum Gasteiger partial charge on any atom is -0.489 e. The Morgan fingerprint density at radius 1 is 0.909 bits per heavy atom. The van der Waals surface area contributed by atoms with Gasteiger partial charge in [-0.3, -0.25) is 9.59 Å². The van der Waals surface area contributed by atoms with Crippen LogP contribution in [0.25, 0.3) is 0 Å². The first-order valence-corrected chi connectivity index (χ1v) is 11.4. The predicted molar refractivity (Wildman–Crippen MR) is 134 cm³/mol. The van der Waals surface area contributed by atoms with E-state index in [2.05, 4.69) is 26.6 Å². The number of anilines is 2. The van der Waals surface area contributed by atoms with Gasteiger partial charge in [0, 0.05) is 10.2 Å². The minimum absolute atomic E-state index is 0.0253. The summed E-state index contributed by atoms with van der Waals surface area (Å²) in [5, 5.41) is 5.76. The summed E-state index contributed by atoms with van der Waals surface area (Å²) in [7, 11) is 0. The van der Waals surface area contributed by atoms with Crippen molar-refractivity contribution in [2.24, 2.45) is 0 Å². The summed E-state index contributed by atoms with van der Waals surface area (Å²) in [5.74, 6) is 0.241. The molecular weight excluding hydrogens is 484 g/mol. The van der Waals surface area contributed by atoms with Gasteiger partial charge >= 0.3 is 0 Å². The quantitative estimate of drug-likeness (QED) is 0.382. The number of hydrogen-bond donors (Lipinski definition) is 2. The van der Waals surface area contributed by atoms with E-state index in [1.165, 1.54) is 0 Å². The van der Waals surface area contributed by atoms with Gasteiger partial charge in [-0.1, -0.05) is 40.2 Å². The lowest BCUT2D eigenvalue weighted by molar-refractivity contribution is -0.118. The topological polar surface area (TPSA) is 76.7 Å². The number of amides is 2. The Morgan fingerprint density at radius 3 is 2.18 bits per heavy atom. The second-order valence-electron chi connectivity index (χ2n) is 7.86. The fraction of sp³-hybridized carbons (Fsp3) is 0.231. The lowest BCUT2D eigenvalue weighted by atomic mass is 10.1. The van der Waals surface area contributed by atoms with Gasteiger partial charge in [-0.25, -0.2) is 0 Å². The van der Waals surface area contributed by atoms with E-state index in [9.17, 15) is 9.59 Å². The molecule has 0 unspecified atom stereocenters. The van der Waals surface area contributed by atoms with Gasteiger partial charge in [0.25, 0.3) is 11.8 Å². The van der Waals surface area contributed by atoms with Crippen LogP contribution in [0.3, 0.4) is 0 Å². The van der Waals surface area contributed by atoms with Crippen LogP contribution in [0.1, 0.15) is 35.3 Å². The maximum atomic E-state index is 13.0. The highest BCUT2D eigenvalue weighted by Crippen LogP contribution is 2.28. The second-order valence-corrected chi connectivity index (χ2v) is 8.78. The van der Waals surface area contributed by atoms with Crippen molar-refractivity contribution in [1.29, 1.82) is 0 Å². The zero-order valence-electron chi connectivity index (χ0n) is 19.1. The maximum absolute atomic E-state index is 13.0. The number of carbonyl (C=O) groups is 2. The van der Waals surface area contributed by atoms with Gasteiger partial charge in [0.1, 0.15) is 11.5 Å². The Morgan fingerprint density at radius 2 is 1.52 bits per heavy atom. The van der Waals surface area contributed by atoms with E-state index in [-0.39, 0.29) is 24.5 Å². The summed E-state index contributed by atoms with van der Waals surface area (Å²) >= 11 is 3.47. The third-order valence-electron chi connectivity index (χ3n) is 4.75. The van der Waals surface area contributed by atoms with E-state index in [1.54, 1.807) is 36.4 Å². The molecule has 0 fully saturated rings. The summed E-state index contributed by atoms with van der Waals surface area (Å²) in [4.78, 5) is 25.5. The summed E-state index contributed by atoms with van der Waals surface area (Å²) in [6.07, 6.45) is -0.0253. The van der Waals surface area contributed by atoms with Crippen LogP contribution in [-0.2, 0) is 4.79 Å². The highest BCUT2D eigenvalue weighted by Gasteiger charge is 2.16. The van der Waals surface area contributed by atoms with Gasteiger partial charge in [-0.05, 0) is 75.2 Å². The van der Waals surface area contributed by atoms with Crippen molar-refractivity contribution >= 4 is 39.1 Å². The first-order valence-electron chi connectivity index (χ1n) is 10.6. The van der Waals surface area contributed by atoms with E-state index in [0.29, 0.717) is 22.7 Å². The van der Waals surface area contributed by atoms with E-state index >= 15 is 0 Å². The standard InChI is InChI=1S/C26H27BrN2O4/c1-16(2)33-23-12-8-6-10-21(23)28-24(30)15-32-22-11-7-5-9-20(22)26(31)29-25-17(3)13-19(27)14-18(25)4/h5-14,16H,15H2,1-4H3,(H,28,30)(H,29,31). The van der Waals surface area contributed by atoms with E-state index in [4.69, 9.17) is 9.47 Å². The van der Waals surface area contributed by atoms with Gasteiger partial charge in [0.15, 0.2) is 6.61 Å². The number of nitrogens with one attached hydrogen (secondary N) is 2. The molecule has 0 aromatic heterocycles. The SMILES string of the molecule is Cc1cc(Br)cc(C)c1NC(=O)c1ccccc1OCC(=O)Nc1ccccc1OC(C)C. The monoisotopic (exact) mass is 510 g/mol. The molecule has 0 atom stereocenters. The largest absolute Gasteiger partial charge is 0.489 e. The molecule has 0 aliphatic heterocycles. The molecule has 0 saturated heterocycles. The Hall–Kier alpha value is -3.32. The van der Waals surface area contributed by atoms with Crippen LogP contribution >= 0.6 is 15.9 Å². The molecule has 172 valence electrons. The molecule has 6 nitrogen and oxygen atoms in total. The van der Waals surface area contributed by atoms with E-state index in [0.717, 1.165) is 21.3 Å². The zero-order chi connectivity index (χ0) is 24.0. The lowest BCUT2D eigenvalue weighted by Crippen LogP contribution is -2.22. The van der Waals surface area contributed by atoms with Gasteiger partial charge in [-0.2, -0.15) is 0 Å². The molecule has 0 spiro atoms. The van der Waals surface area contributed by atoms with E-state index < -0.39 is 0 Å². The number of halogens is 1. The molecule has 3 rings (SSSR count). The van der Waals surface area contributed by atoms with Crippen LogP contribution in [0.2, 0.25) is 0 Å². The van der Waals surface area contributed by atoms with Crippen LogP contribution in [0.5, 0.6) is 11.5 Å². The van der Waals surface area contributed by atoms with Crippen molar-refractivity contribution in [3.05, 3.63) is 81.8 Å². The average Bonchev–Trinajstić information content (AvgIpc) is 2.76. The molecule has 7 heteroatoms. The fourth-order valence-electron chi connectivity index (χ4n) is 3.32. The molecule has 0 aliphatic rings.